The number of rotatable bonds is 5. The molecule has 10 nitrogen and oxygen atoms in total. The molecule has 11 heteroatoms. The van der Waals surface area contributed by atoms with E-state index in [2.05, 4.69) is 43.3 Å². The van der Waals surface area contributed by atoms with Crippen LogP contribution in [0.15, 0.2) is 28.9 Å². The van der Waals surface area contributed by atoms with Crippen molar-refractivity contribution in [3.05, 3.63) is 40.0 Å². The molecule has 1 aromatic carbocycles. The Labute approximate surface area is 259 Å². The minimum atomic E-state index is -2.01. The smallest absolute Gasteiger partial charge is 0.281 e. The van der Waals surface area contributed by atoms with Crippen molar-refractivity contribution in [1.82, 2.24) is 25.0 Å². The van der Waals surface area contributed by atoms with Crippen LogP contribution in [0.4, 0.5) is 0 Å². The number of H-pyrrole nitrogens is 1. The monoisotopic (exact) mass is 653 g/mol. The summed E-state index contributed by atoms with van der Waals surface area (Å²) in [6.45, 7) is 8.57. The molecule has 1 aromatic heterocycles. The number of likely N-dealkylation sites (N-methyl/N-ethyl adjacent to an activating group) is 1. The quantitative estimate of drug-likeness (QED) is 0.456. The lowest BCUT2D eigenvalue weighted by molar-refractivity contribution is -0.322. The fourth-order valence-electron chi connectivity index (χ4n) is 8.15. The maximum atomic E-state index is 14.4. The Bertz CT molecular complexity index is 1570. The fraction of sp³-hybridized carbons (Fsp3) is 0.594. The Balaban J connectivity index is 1.25. The van der Waals surface area contributed by atoms with Gasteiger partial charge in [0.05, 0.1) is 10.5 Å². The molecule has 0 radical (unpaired) electrons. The molecule has 6 atom stereocenters. The van der Waals surface area contributed by atoms with Crippen molar-refractivity contribution >= 4 is 50.1 Å². The third kappa shape index (κ3) is 4.04. The van der Waals surface area contributed by atoms with Gasteiger partial charge in [-0.1, -0.05) is 45.9 Å². The Morgan fingerprint density at radius 3 is 2.74 bits per heavy atom. The van der Waals surface area contributed by atoms with E-state index in [-0.39, 0.29) is 23.8 Å². The van der Waals surface area contributed by atoms with E-state index in [1.54, 1.807) is 18.7 Å². The van der Waals surface area contributed by atoms with Crippen molar-refractivity contribution in [1.29, 1.82) is 0 Å². The van der Waals surface area contributed by atoms with E-state index in [4.69, 9.17) is 4.74 Å². The van der Waals surface area contributed by atoms with Gasteiger partial charge in [-0.05, 0) is 77.3 Å². The number of nitrogens with zero attached hydrogens (tertiary/aromatic N) is 3. The number of carbonyl (C=O) groups excluding carboxylic acids is 3. The van der Waals surface area contributed by atoms with Crippen molar-refractivity contribution in [2.45, 2.75) is 83.1 Å². The summed E-state index contributed by atoms with van der Waals surface area (Å²) in [7, 11) is 2.03. The normalized spacial score (nSPS) is 33.7. The Morgan fingerprint density at radius 2 is 2.02 bits per heavy atom. The van der Waals surface area contributed by atoms with E-state index in [0.717, 1.165) is 34.1 Å². The molecule has 3 fully saturated rings. The van der Waals surface area contributed by atoms with Gasteiger partial charge in [-0.15, -0.1) is 0 Å². The SMILES string of the molecule is CC(C)C[C@@H]1C(=O)N2CCC[C@@H]2[C@@]2(O)O[C@@](NC(=O)[C@@H]3C=C4c5cccc6[nH]c(Br)c(c56)C[C@@H]4N(C)C3)(C(C)C)C(=O)N12. The summed E-state index contributed by atoms with van der Waals surface area (Å²) in [5.74, 6) is -4.01. The van der Waals surface area contributed by atoms with Crippen LogP contribution in [0.25, 0.3) is 16.5 Å². The fourth-order valence-corrected chi connectivity index (χ4v) is 8.72. The average Bonchev–Trinajstić information content (AvgIpc) is 3.63. The third-order valence-corrected chi connectivity index (χ3v) is 10.9. The van der Waals surface area contributed by atoms with Crippen LogP contribution in [-0.4, -0.2) is 92.4 Å². The lowest BCUT2D eigenvalue weighted by Gasteiger charge is -2.49. The summed E-state index contributed by atoms with van der Waals surface area (Å²) in [4.78, 5) is 50.8. The molecule has 0 spiro atoms. The number of halogens is 1. The van der Waals surface area contributed by atoms with Crippen molar-refractivity contribution in [2.75, 3.05) is 20.1 Å². The molecule has 7 rings (SSSR count). The molecular formula is C32H40BrN5O5. The first-order chi connectivity index (χ1) is 20.4. The van der Waals surface area contributed by atoms with Crippen molar-refractivity contribution < 1.29 is 24.2 Å². The number of aromatic nitrogens is 1. The topological polar surface area (TPSA) is 118 Å². The van der Waals surface area contributed by atoms with Gasteiger partial charge in [0.15, 0.2) is 0 Å². The Hall–Kier alpha value is -2.73. The van der Waals surface area contributed by atoms with E-state index >= 15 is 0 Å². The predicted molar refractivity (Wildman–Crippen MR) is 164 cm³/mol. The van der Waals surface area contributed by atoms with E-state index in [1.165, 1.54) is 15.8 Å². The molecule has 5 heterocycles. The molecule has 4 aliphatic heterocycles. The van der Waals surface area contributed by atoms with E-state index < -0.39 is 41.5 Å². The van der Waals surface area contributed by atoms with Gasteiger partial charge in [-0.3, -0.25) is 28.9 Å². The number of aliphatic hydroxyl groups is 1. The molecule has 0 saturated carbocycles. The summed E-state index contributed by atoms with van der Waals surface area (Å²) >= 11 is 3.70. The molecule has 5 aliphatic rings. The first-order valence-corrected chi connectivity index (χ1v) is 16.3. The molecule has 0 bridgehead atoms. The van der Waals surface area contributed by atoms with Gasteiger partial charge in [0, 0.05) is 36.0 Å². The van der Waals surface area contributed by atoms with Gasteiger partial charge in [-0.2, -0.15) is 0 Å². The number of hydrogen-bond acceptors (Lipinski definition) is 6. The van der Waals surface area contributed by atoms with Crippen LogP contribution in [0.2, 0.25) is 0 Å². The van der Waals surface area contributed by atoms with Crippen LogP contribution in [0, 0.1) is 17.8 Å². The summed E-state index contributed by atoms with van der Waals surface area (Å²) in [6.07, 6.45) is 4.49. The average molecular weight is 655 g/mol. The number of amides is 3. The molecule has 3 N–H and O–H groups in total. The van der Waals surface area contributed by atoms with Gasteiger partial charge in [0.1, 0.15) is 12.1 Å². The number of fused-ring (bicyclic) bond motifs is 5. The minimum Gasteiger partial charge on any atom is -0.349 e. The highest BCUT2D eigenvalue weighted by molar-refractivity contribution is 9.10. The molecule has 3 saturated heterocycles. The van der Waals surface area contributed by atoms with E-state index in [9.17, 15) is 19.5 Å². The van der Waals surface area contributed by atoms with Crippen LogP contribution in [0.1, 0.15) is 58.1 Å². The van der Waals surface area contributed by atoms with Crippen molar-refractivity contribution in [2.24, 2.45) is 17.8 Å². The maximum Gasteiger partial charge on any atom is 0.281 e. The number of aromatic amines is 1. The highest BCUT2D eigenvalue weighted by Crippen LogP contribution is 2.49. The zero-order valence-corrected chi connectivity index (χ0v) is 26.9. The summed E-state index contributed by atoms with van der Waals surface area (Å²) in [6, 6.07) is 4.76. The number of piperazine rings is 1. The summed E-state index contributed by atoms with van der Waals surface area (Å²) in [5, 5.41) is 16.3. The molecule has 230 valence electrons. The van der Waals surface area contributed by atoms with Gasteiger partial charge in [0.25, 0.3) is 11.8 Å². The third-order valence-electron chi connectivity index (χ3n) is 10.3. The second-order valence-corrected chi connectivity index (χ2v) is 14.5. The van der Waals surface area contributed by atoms with Crippen LogP contribution < -0.4 is 5.32 Å². The molecular weight excluding hydrogens is 614 g/mol. The van der Waals surface area contributed by atoms with Crippen LogP contribution in [0.5, 0.6) is 0 Å². The maximum absolute atomic E-state index is 14.4. The Kier molecular flexibility index (Phi) is 6.67. The second-order valence-electron chi connectivity index (χ2n) is 13.7. The first-order valence-electron chi connectivity index (χ1n) is 15.5. The van der Waals surface area contributed by atoms with Crippen LogP contribution in [-0.2, 0) is 25.5 Å². The van der Waals surface area contributed by atoms with Crippen molar-refractivity contribution in [3.63, 3.8) is 0 Å². The second kappa shape index (κ2) is 9.89. The Morgan fingerprint density at radius 1 is 1.26 bits per heavy atom. The minimum absolute atomic E-state index is 0.104. The van der Waals surface area contributed by atoms with Gasteiger partial charge in [0.2, 0.25) is 17.5 Å². The number of ether oxygens (including phenoxy) is 1. The van der Waals surface area contributed by atoms with Crippen LogP contribution in [0.3, 0.4) is 0 Å². The zero-order valence-electron chi connectivity index (χ0n) is 25.3. The van der Waals surface area contributed by atoms with Gasteiger partial charge < -0.3 is 20.3 Å². The van der Waals surface area contributed by atoms with Gasteiger partial charge in [-0.25, -0.2) is 0 Å². The standard InChI is InChI=1S/C32H40BrN5O5/c1-16(2)12-24-29(40)37-11-7-10-25(37)32(42)38(24)30(41)31(43-32,17(3)4)35-28(39)18-13-20-19-8-6-9-22-26(19)21(27(33)34-22)14-23(20)36(5)15-18/h6,8-9,13,16-18,23-25,34,42H,7,10-12,14-15H2,1-5H3,(H,35,39)/t18-,23+,24-,25-,31+,32-/m1/s1. The first kappa shape index (κ1) is 29.0. The highest BCUT2D eigenvalue weighted by atomic mass is 79.9. The number of hydrogen-bond donors (Lipinski definition) is 3. The number of carbonyl (C=O) groups is 3. The number of nitrogens with one attached hydrogen (secondary N) is 2. The number of benzene rings is 1. The van der Waals surface area contributed by atoms with Crippen LogP contribution >= 0.6 is 15.9 Å². The highest BCUT2D eigenvalue weighted by Gasteiger charge is 2.72. The molecule has 3 amide bonds. The summed E-state index contributed by atoms with van der Waals surface area (Å²) in [5.41, 5.74) is 2.68. The zero-order chi connectivity index (χ0) is 30.6. The molecule has 43 heavy (non-hydrogen) atoms. The molecule has 2 aromatic rings. The molecule has 1 aliphatic carbocycles. The van der Waals surface area contributed by atoms with E-state index in [1.807, 2.05) is 33.0 Å². The lowest BCUT2D eigenvalue weighted by Crippen LogP contribution is -2.71. The molecule has 0 unspecified atom stereocenters. The van der Waals surface area contributed by atoms with Crippen molar-refractivity contribution in [3.8, 4) is 0 Å². The lowest BCUT2D eigenvalue weighted by atomic mass is 9.79. The summed E-state index contributed by atoms with van der Waals surface area (Å²) < 4.78 is 7.43. The predicted octanol–water partition coefficient (Wildman–Crippen LogP) is 3.19. The van der Waals surface area contributed by atoms with Gasteiger partial charge >= 0.3 is 0 Å². The van der Waals surface area contributed by atoms with E-state index in [0.29, 0.717) is 25.9 Å². The largest absolute Gasteiger partial charge is 0.349 e.